The van der Waals surface area contributed by atoms with E-state index in [4.69, 9.17) is 16.3 Å². The summed E-state index contributed by atoms with van der Waals surface area (Å²) >= 11 is 7.80. The van der Waals surface area contributed by atoms with E-state index in [0.717, 1.165) is 29.1 Å². The van der Waals surface area contributed by atoms with Crippen LogP contribution >= 0.6 is 22.9 Å². The maximum absolute atomic E-state index is 9.49. The van der Waals surface area contributed by atoms with Crippen LogP contribution in [0.3, 0.4) is 0 Å². The molecule has 108 valence electrons. The Balaban J connectivity index is 1.99. The van der Waals surface area contributed by atoms with Crippen molar-refractivity contribution in [2.45, 2.75) is 39.4 Å². The van der Waals surface area contributed by atoms with Crippen LogP contribution in [-0.2, 0) is 13.0 Å². The summed E-state index contributed by atoms with van der Waals surface area (Å²) in [7, 11) is 0. The third-order valence-electron chi connectivity index (χ3n) is 2.88. The Hall–Kier alpha value is -1.10. The summed E-state index contributed by atoms with van der Waals surface area (Å²) in [4.78, 5) is 4.50. The van der Waals surface area contributed by atoms with Gasteiger partial charge in [0.15, 0.2) is 0 Å². The summed E-state index contributed by atoms with van der Waals surface area (Å²) in [5, 5.41) is 13.2. The number of aromatic nitrogens is 1. The minimum Gasteiger partial charge on any atom is -0.486 e. The number of ether oxygens (including phenoxy) is 1. The van der Waals surface area contributed by atoms with Gasteiger partial charge in [-0.1, -0.05) is 24.6 Å². The van der Waals surface area contributed by atoms with Crippen molar-refractivity contribution in [2.24, 2.45) is 0 Å². The molecule has 1 aromatic carbocycles. The summed E-state index contributed by atoms with van der Waals surface area (Å²) < 4.78 is 5.68. The van der Waals surface area contributed by atoms with Crippen molar-refractivity contribution in [3.8, 4) is 5.75 Å². The van der Waals surface area contributed by atoms with Crippen molar-refractivity contribution >= 4 is 22.9 Å². The Morgan fingerprint density at radius 1 is 1.45 bits per heavy atom. The third-order valence-corrected chi connectivity index (χ3v) is 4.13. The van der Waals surface area contributed by atoms with E-state index < -0.39 is 6.10 Å². The lowest BCUT2D eigenvalue weighted by molar-refractivity contribution is 0.199. The molecular formula is C15H18ClNO2S. The lowest BCUT2D eigenvalue weighted by Crippen LogP contribution is -1.98. The SMILES string of the molecule is CCCc1nc(COc2ccc([C@H](C)O)cc2Cl)cs1. The zero-order valence-electron chi connectivity index (χ0n) is 11.6. The number of aliphatic hydroxyl groups excluding tert-OH is 1. The Kier molecular flexibility index (Phi) is 5.40. The van der Waals surface area contributed by atoms with Gasteiger partial charge < -0.3 is 9.84 Å². The largest absolute Gasteiger partial charge is 0.486 e. The van der Waals surface area contributed by atoms with E-state index in [-0.39, 0.29) is 0 Å². The van der Waals surface area contributed by atoms with Crippen LogP contribution in [0.2, 0.25) is 5.02 Å². The van der Waals surface area contributed by atoms with Crippen LogP contribution in [-0.4, -0.2) is 10.1 Å². The average molecular weight is 312 g/mol. The minimum atomic E-state index is -0.531. The minimum absolute atomic E-state index is 0.411. The van der Waals surface area contributed by atoms with Gasteiger partial charge in [0.05, 0.1) is 21.8 Å². The molecule has 0 saturated carbocycles. The first kappa shape index (κ1) is 15.3. The van der Waals surface area contributed by atoms with Crippen LogP contribution in [0.5, 0.6) is 5.75 Å². The molecule has 1 N–H and O–H groups in total. The van der Waals surface area contributed by atoms with Crippen LogP contribution in [0.25, 0.3) is 0 Å². The van der Waals surface area contributed by atoms with Crippen molar-refractivity contribution in [1.82, 2.24) is 4.98 Å². The number of hydrogen-bond acceptors (Lipinski definition) is 4. The van der Waals surface area contributed by atoms with E-state index in [1.807, 2.05) is 11.4 Å². The third kappa shape index (κ3) is 3.95. The number of rotatable bonds is 6. The molecule has 2 aromatic rings. The van der Waals surface area contributed by atoms with Crippen molar-refractivity contribution < 1.29 is 9.84 Å². The second-order valence-electron chi connectivity index (χ2n) is 4.64. The second kappa shape index (κ2) is 7.07. The summed E-state index contributed by atoms with van der Waals surface area (Å²) in [5.41, 5.74) is 1.70. The van der Waals surface area contributed by atoms with Crippen LogP contribution in [0, 0.1) is 0 Å². The number of thiazole rings is 1. The molecule has 0 radical (unpaired) electrons. The standard InChI is InChI=1S/C15H18ClNO2S/c1-3-4-15-17-12(9-20-15)8-19-14-6-5-11(10(2)18)7-13(14)16/h5-7,9-10,18H,3-4,8H2,1-2H3/t10-/m0/s1. The molecule has 0 aliphatic carbocycles. The number of aliphatic hydroxyl groups is 1. The number of hydrogen-bond donors (Lipinski definition) is 1. The van der Waals surface area contributed by atoms with Gasteiger partial charge in [-0.3, -0.25) is 0 Å². The first-order chi connectivity index (χ1) is 9.60. The van der Waals surface area contributed by atoms with Gasteiger partial charge in [0.25, 0.3) is 0 Å². The summed E-state index contributed by atoms with van der Waals surface area (Å²) in [6, 6.07) is 5.32. The van der Waals surface area contributed by atoms with Crippen LogP contribution < -0.4 is 4.74 Å². The Bertz CT molecular complexity index is 569. The smallest absolute Gasteiger partial charge is 0.138 e. The molecule has 0 spiro atoms. The molecule has 0 bridgehead atoms. The molecule has 20 heavy (non-hydrogen) atoms. The van der Waals surface area contributed by atoms with E-state index in [1.54, 1.807) is 30.4 Å². The predicted molar refractivity (Wildman–Crippen MR) is 82.5 cm³/mol. The summed E-state index contributed by atoms with van der Waals surface area (Å²) in [6.07, 6.45) is 1.58. The van der Waals surface area contributed by atoms with Gasteiger partial charge in [0.2, 0.25) is 0 Å². The van der Waals surface area contributed by atoms with Gasteiger partial charge >= 0.3 is 0 Å². The Morgan fingerprint density at radius 2 is 2.25 bits per heavy atom. The van der Waals surface area contributed by atoms with E-state index in [1.165, 1.54) is 0 Å². The quantitative estimate of drug-likeness (QED) is 0.860. The van der Waals surface area contributed by atoms with E-state index in [9.17, 15) is 5.11 Å². The number of nitrogens with zero attached hydrogens (tertiary/aromatic N) is 1. The van der Waals surface area contributed by atoms with Crippen LogP contribution in [0.1, 0.15) is 42.6 Å². The molecular weight excluding hydrogens is 294 g/mol. The highest BCUT2D eigenvalue weighted by molar-refractivity contribution is 7.09. The van der Waals surface area contributed by atoms with Crippen molar-refractivity contribution in [1.29, 1.82) is 0 Å². The monoisotopic (exact) mass is 311 g/mol. The highest BCUT2D eigenvalue weighted by atomic mass is 35.5. The molecule has 1 atom stereocenters. The summed E-state index contributed by atoms with van der Waals surface area (Å²) in [6.45, 7) is 4.26. The van der Waals surface area contributed by atoms with Crippen LogP contribution in [0.15, 0.2) is 23.6 Å². The normalized spacial score (nSPS) is 12.4. The van der Waals surface area contributed by atoms with Gasteiger partial charge in [-0.25, -0.2) is 4.98 Å². The van der Waals surface area contributed by atoms with Crippen molar-refractivity contribution in [2.75, 3.05) is 0 Å². The second-order valence-corrected chi connectivity index (χ2v) is 5.99. The van der Waals surface area contributed by atoms with Gasteiger partial charge in [-0.2, -0.15) is 0 Å². The topological polar surface area (TPSA) is 42.4 Å². The predicted octanol–water partition coefficient (Wildman–Crippen LogP) is 4.38. The maximum Gasteiger partial charge on any atom is 0.138 e. The lowest BCUT2D eigenvalue weighted by Gasteiger charge is -2.10. The maximum atomic E-state index is 9.49. The molecule has 2 rings (SSSR count). The fourth-order valence-electron chi connectivity index (χ4n) is 1.79. The molecule has 1 heterocycles. The molecule has 0 unspecified atom stereocenters. The van der Waals surface area contributed by atoms with Gasteiger partial charge in [0.1, 0.15) is 12.4 Å². The number of aryl methyl sites for hydroxylation is 1. The average Bonchev–Trinajstić information content (AvgIpc) is 2.85. The molecule has 3 nitrogen and oxygen atoms in total. The van der Waals surface area contributed by atoms with E-state index >= 15 is 0 Å². The summed E-state index contributed by atoms with van der Waals surface area (Å²) in [5.74, 6) is 0.612. The number of halogens is 1. The van der Waals surface area contributed by atoms with Gasteiger partial charge in [0, 0.05) is 5.38 Å². The lowest BCUT2D eigenvalue weighted by atomic mass is 10.1. The molecule has 0 amide bonds. The highest BCUT2D eigenvalue weighted by Gasteiger charge is 2.08. The van der Waals surface area contributed by atoms with Gasteiger partial charge in [-0.05, 0) is 37.5 Å². The van der Waals surface area contributed by atoms with Crippen molar-refractivity contribution in [3.05, 3.63) is 44.9 Å². The highest BCUT2D eigenvalue weighted by Crippen LogP contribution is 2.28. The first-order valence-corrected chi connectivity index (χ1v) is 7.89. The molecule has 0 fully saturated rings. The first-order valence-electron chi connectivity index (χ1n) is 6.63. The number of benzene rings is 1. The molecule has 0 aliphatic heterocycles. The fourth-order valence-corrected chi connectivity index (χ4v) is 2.92. The van der Waals surface area contributed by atoms with E-state index in [2.05, 4.69) is 11.9 Å². The molecule has 1 aromatic heterocycles. The molecule has 0 saturated heterocycles. The van der Waals surface area contributed by atoms with Crippen LogP contribution in [0.4, 0.5) is 0 Å². The van der Waals surface area contributed by atoms with E-state index in [0.29, 0.717) is 17.4 Å². The fraction of sp³-hybridized carbons (Fsp3) is 0.400. The molecule has 5 heteroatoms. The van der Waals surface area contributed by atoms with Gasteiger partial charge in [-0.15, -0.1) is 11.3 Å². The zero-order chi connectivity index (χ0) is 14.5. The molecule has 0 aliphatic rings. The van der Waals surface area contributed by atoms with Crippen molar-refractivity contribution in [3.63, 3.8) is 0 Å². The Labute approximate surface area is 128 Å². The zero-order valence-corrected chi connectivity index (χ0v) is 13.2. The Morgan fingerprint density at radius 3 is 2.90 bits per heavy atom.